The third-order valence-electron chi connectivity index (χ3n) is 5.14. The van der Waals surface area contributed by atoms with Gasteiger partial charge in [-0.25, -0.2) is 8.42 Å². The van der Waals surface area contributed by atoms with Crippen molar-refractivity contribution in [3.05, 3.63) is 0 Å². The molecule has 1 N–H and O–H groups in total. The summed E-state index contributed by atoms with van der Waals surface area (Å²) in [6.07, 6.45) is 5.36. The highest BCUT2D eigenvalue weighted by Crippen LogP contribution is 2.26. The molecule has 0 spiro atoms. The summed E-state index contributed by atoms with van der Waals surface area (Å²) >= 11 is 0. The molecule has 0 aromatic carbocycles. The normalized spacial score (nSPS) is 33.1. The number of hydrogen-bond acceptors (Lipinski definition) is 4. The minimum absolute atomic E-state index is 0.0199. The minimum Gasteiger partial charge on any atom is -0.340 e. The van der Waals surface area contributed by atoms with Crippen molar-refractivity contribution in [2.45, 2.75) is 63.6 Å². The van der Waals surface area contributed by atoms with Crippen LogP contribution in [0.1, 0.15) is 45.4 Å². The molecule has 22 heavy (non-hydrogen) atoms. The Morgan fingerprint density at radius 3 is 2.68 bits per heavy atom. The maximum atomic E-state index is 12.9. The molecular formula is C15H27N3O3S. The fraction of sp³-hybridized carbons (Fsp3) is 0.933. The van der Waals surface area contributed by atoms with Crippen LogP contribution >= 0.6 is 0 Å². The highest BCUT2D eigenvalue weighted by atomic mass is 32.2. The van der Waals surface area contributed by atoms with Crippen LogP contribution in [0, 0.1) is 0 Å². The molecule has 3 unspecified atom stereocenters. The number of nitrogens with zero attached hydrogens (tertiary/aromatic N) is 2. The first kappa shape index (κ1) is 16.2. The summed E-state index contributed by atoms with van der Waals surface area (Å²) in [4.78, 5) is 14.8. The summed E-state index contributed by atoms with van der Waals surface area (Å²) in [6.45, 7) is 3.84. The van der Waals surface area contributed by atoms with Gasteiger partial charge in [0.05, 0.1) is 5.75 Å². The smallest absolute Gasteiger partial charge is 0.241 e. The van der Waals surface area contributed by atoms with Crippen LogP contribution in [0.25, 0.3) is 0 Å². The highest BCUT2D eigenvalue weighted by molar-refractivity contribution is 7.89. The molecule has 3 fully saturated rings. The molecular weight excluding hydrogens is 302 g/mol. The number of fused-ring (bicyclic) bond motifs is 2. The van der Waals surface area contributed by atoms with Crippen LogP contribution in [-0.2, 0) is 14.8 Å². The van der Waals surface area contributed by atoms with E-state index < -0.39 is 16.1 Å². The quantitative estimate of drug-likeness (QED) is 0.817. The van der Waals surface area contributed by atoms with Crippen LogP contribution in [0.15, 0.2) is 0 Å². The van der Waals surface area contributed by atoms with Gasteiger partial charge in [0.15, 0.2) is 0 Å². The topological polar surface area (TPSA) is 69.7 Å². The first-order chi connectivity index (χ1) is 10.5. The van der Waals surface area contributed by atoms with Gasteiger partial charge in [0.25, 0.3) is 0 Å². The molecule has 7 heteroatoms. The van der Waals surface area contributed by atoms with Crippen molar-refractivity contribution >= 4 is 15.9 Å². The van der Waals surface area contributed by atoms with E-state index in [1.807, 2.05) is 11.8 Å². The summed E-state index contributed by atoms with van der Waals surface area (Å²) in [5.74, 6) is 0.162. The number of carbonyl (C=O) groups excluding carboxylic acids is 1. The molecule has 0 radical (unpaired) electrons. The zero-order valence-electron chi connectivity index (χ0n) is 13.3. The maximum Gasteiger partial charge on any atom is 0.241 e. The number of amides is 1. The first-order valence-electron chi connectivity index (χ1n) is 8.55. The van der Waals surface area contributed by atoms with E-state index in [0.717, 1.165) is 32.4 Å². The van der Waals surface area contributed by atoms with Gasteiger partial charge < -0.3 is 10.2 Å². The van der Waals surface area contributed by atoms with Crippen LogP contribution in [0.3, 0.4) is 0 Å². The molecule has 3 aliphatic rings. The fourth-order valence-corrected chi connectivity index (χ4v) is 5.79. The third kappa shape index (κ3) is 3.16. The third-order valence-corrected chi connectivity index (χ3v) is 7.22. The summed E-state index contributed by atoms with van der Waals surface area (Å²) < 4.78 is 26.2. The Morgan fingerprint density at radius 2 is 1.91 bits per heavy atom. The lowest BCUT2D eigenvalue weighted by molar-refractivity contribution is -0.134. The van der Waals surface area contributed by atoms with Crippen molar-refractivity contribution in [2.24, 2.45) is 0 Å². The van der Waals surface area contributed by atoms with Crippen LogP contribution < -0.4 is 5.32 Å². The van der Waals surface area contributed by atoms with E-state index in [1.165, 1.54) is 10.7 Å². The molecule has 0 aromatic heterocycles. The summed E-state index contributed by atoms with van der Waals surface area (Å²) in [7, 11) is -3.29. The molecule has 126 valence electrons. The maximum absolute atomic E-state index is 12.9. The molecule has 0 aromatic rings. The Bertz CT molecular complexity index is 522. The zero-order valence-corrected chi connectivity index (χ0v) is 14.1. The van der Waals surface area contributed by atoms with E-state index in [2.05, 4.69) is 5.32 Å². The van der Waals surface area contributed by atoms with Crippen molar-refractivity contribution in [3.8, 4) is 0 Å². The lowest BCUT2D eigenvalue weighted by Crippen LogP contribution is -2.50. The molecule has 0 saturated carbocycles. The number of carbonyl (C=O) groups is 1. The Kier molecular flexibility index (Phi) is 4.75. The Hall–Kier alpha value is -0.660. The lowest BCUT2D eigenvalue weighted by atomic mass is 10.1. The van der Waals surface area contributed by atoms with E-state index in [1.54, 1.807) is 0 Å². The van der Waals surface area contributed by atoms with Gasteiger partial charge in [-0.1, -0.05) is 6.92 Å². The van der Waals surface area contributed by atoms with E-state index in [0.29, 0.717) is 31.5 Å². The number of rotatable bonds is 4. The van der Waals surface area contributed by atoms with E-state index in [9.17, 15) is 13.2 Å². The zero-order chi connectivity index (χ0) is 15.7. The number of sulfonamides is 1. The van der Waals surface area contributed by atoms with Gasteiger partial charge in [-0.05, 0) is 38.5 Å². The molecule has 3 saturated heterocycles. The molecule has 6 nitrogen and oxygen atoms in total. The predicted molar refractivity (Wildman–Crippen MR) is 84.9 cm³/mol. The van der Waals surface area contributed by atoms with Gasteiger partial charge in [0.1, 0.15) is 6.04 Å². The van der Waals surface area contributed by atoms with Crippen molar-refractivity contribution in [1.29, 1.82) is 0 Å². The predicted octanol–water partition coefficient (Wildman–Crippen LogP) is 0.544. The molecule has 3 rings (SSSR count). The van der Waals surface area contributed by atoms with Gasteiger partial charge in [0.2, 0.25) is 15.9 Å². The van der Waals surface area contributed by atoms with Crippen molar-refractivity contribution in [2.75, 3.05) is 25.4 Å². The second kappa shape index (κ2) is 6.45. The van der Waals surface area contributed by atoms with Gasteiger partial charge in [0, 0.05) is 31.7 Å². The Balaban J connectivity index is 1.70. The monoisotopic (exact) mass is 329 g/mol. The summed E-state index contributed by atoms with van der Waals surface area (Å²) in [5, 5.41) is 3.56. The number of hydrogen-bond donors (Lipinski definition) is 1. The number of likely N-dealkylation sites (tertiary alicyclic amines) is 1. The van der Waals surface area contributed by atoms with Crippen molar-refractivity contribution < 1.29 is 13.2 Å². The molecule has 3 aliphatic heterocycles. The first-order valence-corrected chi connectivity index (χ1v) is 10.2. The minimum atomic E-state index is -3.29. The van der Waals surface area contributed by atoms with Crippen LogP contribution in [-0.4, -0.2) is 67.0 Å². The average Bonchev–Trinajstić information content (AvgIpc) is 3.05. The molecule has 2 bridgehead atoms. The van der Waals surface area contributed by atoms with E-state index in [-0.39, 0.29) is 11.7 Å². The SMILES string of the molecule is CCCS(=O)(=O)N1CCCC1C(=O)N1CCC2CCC(C1)N2. The van der Waals surface area contributed by atoms with E-state index in [4.69, 9.17) is 0 Å². The summed E-state index contributed by atoms with van der Waals surface area (Å²) in [5.41, 5.74) is 0. The van der Waals surface area contributed by atoms with Crippen molar-refractivity contribution in [3.63, 3.8) is 0 Å². The molecule has 0 aliphatic carbocycles. The van der Waals surface area contributed by atoms with Gasteiger partial charge in [-0.2, -0.15) is 4.31 Å². The summed E-state index contributed by atoms with van der Waals surface area (Å²) in [6, 6.07) is 0.457. The van der Waals surface area contributed by atoms with Crippen LogP contribution in [0.5, 0.6) is 0 Å². The number of nitrogens with one attached hydrogen (secondary N) is 1. The van der Waals surface area contributed by atoms with Crippen molar-refractivity contribution in [1.82, 2.24) is 14.5 Å². The second-order valence-corrected chi connectivity index (χ2v) is 8.84. The van der Waals surface area contributed by atoms with Gasteiger partial charge >= 0.3 is 0 Å². The largest absolute Gasteiger partial charge is 0.340 e. The standard InChI is InChI=1S/C15H27N3O3S/c1-2-10-22(20,21)18-8-3-4-14(18)15(19)17-9-7-12-5-6-13(11-17)16-12/h12-14,16H,2-11H2,1H3. The van der Waals surface area contributed by atoms with E-state index >= 15 is 0 Å². The lowest BCUT2D eigenvalue weighted by Gasteiger charge is -2.30. The second-order valence-electron chi connectivity index (χ2n) is 6.80. The Morgan fingerprint density at radius 1 is 1.14 bits per heavy atom. The molecule has 3 atom stereocenters. The Labute approximate surface area is 133 Å². The van der Waals surface area contributed by atoms with Crippen LogP contribution in [0.2, 0.25) is 0 Å². The van der Waals surface area contributed by atoms with Gasteiger partial charge in [-0.3, -0.25) is 4.79 Å². The molecule has 1 amide bonds. The molecule has 3 heterocycles. The average molecular weight is 329 g/mol. The van der Waals surface area contributed by atoms with Crippen LogP contribution in [0.4, 0.5) is 0 Å². The van der Waals surface area contributed by atoms with Gasteiger partial charge in [-0.15, -0.1) is 0 Å². The fourth-order valence-electron chi connectivity index (χ4n) is 4.05. The highest BCUT2D eigenvalue weighted by Gasteiger charge is 2.41.